The van der Waals surface area contributed by atoms with Gasteiger partial charge in [0.1, 0.15) is 0 Å². The highest BCUT2D eigenvalue weighted by molar-refractivity contribution is 6.81. The Bertz CT molecular complexity index is 282. The van der Waals surface area contributed by atoms with Crippen molar-refractivity contribution in [2.75, 3.05) is 0 Å². The van der Waals surface area contributed by atoms with Crippen LogP contribution in [0.3, 0.4) is 0 Å². The first kappa shape index (κ1) is 22.1. The zero-order chi connectivity index (χ0) is 17.5. The van der Waals surface area contributed by atoms with Crippen LogP contribution in [0.1, 0.15) is 97.8 Å². The molecule has 1 unspecified atom stereocenters. The van der Waals surface area contributed by atoms with Gasteiger partial charge in [-0.15, -0.1) is 0 Å². The van der Waals surface area contributed by atoms with Crippen molar-refractivity contribution in [2.45, 2.75) is 110 Å². The van der Waals surface area contributed by atoms with Crippen LogP contribution in [0, 0.1) is 5.92 Å². The highest BCUT2D eigenvalue weighted by atomic mass is 15.0. The van der Waals surface area contributed by atoms with Gasteiger partial charge in [-0.05, 0) is 18.6 Å². The summed E-state index contributed by atoms with van der Waals surface area (Å²) >= 11 is 0. The minimum absolute atomic E-state index is 0.454. The molecule has 1 atom stereocenters. The molecule has 3 N–H and O–H groups in total. The van der Waals surface area contributed by atoms with Crippen molar-refractivity contribution in [3.05, 3.63) is 0 Å². The molecule has 1 rings (SSSR count). The van der Waals surface area contributed by atoms with Gasteiger partial charge in [0.05, 0.1) is 0 Å². The van der Waals surface area contributed by atoms with E-state index >= 15 is 0 Å². The predicted octanol–water partition coefficient (Wildman–Crippen LogP) is 4.64. The van der Waals surface area contributed by atoms with Gasteiger partial charge in [-0.3, -0.25) is 0 Å². The summed E-state index contributed by atoms with van der Waals surface area (Å²) in [5, 5.41) is 10.8. The summed E-state index contributed by atoms with van der Waals surface area (Å²) in [4.78, 5) is 0. The first-order chi connectivity index (χ1) is 11.8. The Morgan fingerprint density at radius 2 is 1.33 bits per heavy atom. The summed E-state index contributed by atoms with van der Waals surface area (Å²) in [6, 6.07) is 0. The molecule has 0 bridgehead atoms. The Hall–Kier alpha value is 0.0748. The molecule has 3 nitrogen and oxygen atoms in total. The first-order valence-corrected chi connectivity index (χ1v) is 10.9. The smallest absolute Gasteiger partial charge is 0.285 e. The Morgan fingerprint density at radius 1 is 0.708 bits per heavy atom. The molecule has 0 aliphatic carbocycles. The van der Waals surface area contributed by atoms with Gasteiger partial charge in [-0.2, -0.15) is 0 Å². The molecule has 1 saturated heterocycles. The van der Waals surface area contributed by atoms with Crippen LogP contribution >= 0.6 is 0 Å². The molecular formula is C18H41B3N3. The lowest BCUT2D eigenvalue weighted by molar-refractivity contribution is 0.440. The third-order valence-electron chi connectivity index (χ3n) is 5.32. The van der Waals surface area contributed by atoms with Crippen molar-refractivity contribution in [1.29, 1.82) is 0 Å². The van der Waals surface area contributed by atoms with Gasteiger partial charge in [-0.25, -0.2) is 0 Å². The highest BCUT2D eigenvalue weighted by Crippen LogP contribution is 2.22. The van der Waals surface area contributed by atoms with E-state index in [4.69, 9.17) is 0 Å². The summed E-state index contributed by atoms with van der Waals surface area (Å²) in [6.45, 7) is 7.81. The highest BCUT2D eigenvalue weighted by Gasteiger charge is 2.29. The fourth-order valence-corrected chi connectivity index (χ4v) is 3.73. The van der Waals surface area contributed by atoms with Gasteiger partial charge in [0.25, 0.3) is 21.5 Å². The summed E-state index contributed by atoms with van der Waals surface area (Å²) in [7, 11) is 2.08. The zero-order valence-corrected chi connectivity index (χ0v) is 16.7. The Kier molecular flexibility index (Phi) is 14.1. The third kappa shape index (κ3) is 10.8. The second-order valence-corrected chi connectivity index (χ2v) is 7.69. The fraction of sp³-hybridized carbons (Fsp3) is 1.00. The molecule has 1 aliphatic heterocycles. The van der Waals surface area contributed by atoms with Crippen molar-refractivity contribution in [3.63, 3.8) is 0 Å². The SMILES string of the molecule is CCCCCCB1N[B]NB(CC(CCCC)CCCCCC)N1. The van der Waals surface area contributed by atoms with Crippen LogP contribution in [0.25, 0.3) is 0 Å². The molecule has 1 fully saturated rings. The Labute approximate surface area is 153 Å². The molecule has 1 radical (unpaired) electrons. The Morgan fingerprint density at radius 3 is 2.04 bits per heavy atom. The van der Waals surface area contributed by atoms with Crippen molar-refractivity contribution in [1.82, 2.24) is 15.4 Å². The van der Waals surface area contributed by atoms with Crippen LogP contribution < -0.4 is 15.4 Å². The minimum atomic E-state index is 0.454. The van der Waals surface area contributed by atoms with Crippen molar-refractivity contribution < 1.29 is 0 Å². The zero-order valence-electron chi connectivity index (χ0n) is 16.7. The summed E-state index contributed by atoms with van der Waals surface area (Å²) in [6.07, 6.45) is 19.0. The van der Waals surface area contributed by atoms with Gasteiger partial charge in [0, 0.05) is 0 Å². The third-order valence-corrected chi connectivity index (χ3v) is 5.32. The molecular weight excluding hydrogens is 291 g/mol. The second-order valence-electron chi connectivity index (χ2n) is 7.69. The molecule has 137 valence electrons. The van der Waals surface area contributed by atoms with E-state index in [1.165, 1.54) is 89.7 Å². The van der Waals surface area contributed by atoms with Crippen LogP contribution in [0.4, 0.5) is 0 Å². The average Bonchev–Trinajstić information content (AvgIpc) is 2.60. The molecule has 0 amide bonds. The molecule has 0 aromatic rings. The van der Waals surface area contributed by atoms with E-state index in [0.29, 0.717) is 14.0 Å². The lowest BCUT2D eigenvalue weighted by atomic mass is 9.51. The van der Waals surface area contributed by atoms with Crippen molar-refractivity contribution in [3.8, 4) is 0 Å². The molecule has 6 heteroatoms. The fourth-order valence-electron chi connectivity index (χ4n) is 3.73. The molecule has 24 heavy (non-hydrogen) atoms. The van der Waals surface area contributed by atoms with Crippen LogP contribution in [-0.4, -0.2) is 21.5 Å². The van der Waals surface area contributed by atoms with E-state index in [2.05, 4.69) is 43.7 Å². The van der Waals surface area contributed by atoms with E-state index in [9.17, 15) is 0 Å². The number of unbranched alkanes of at least 4 members (excludes halogenated alkanes) is 7. The normalized spacial score (nSPS) is 16.3. The van der Waals surface area contributed by atoms with Gasteiger partial charge in [-0.1, -0.05) is 97.8 Å². The lowest BCUT2D eigenvalue weighted by Gasteiger charge is -2.30. The number of nitrogens with one attached hydrogen (secondary N) is 3. The molecule has 1 aliphatic rings. The van der Waals surface area contributed by atoms with Gasteiger partial charge in [0.15, 0.2) is 0 Å². The standard InChI is InChI=1S/C18H41B3N3/c1-4-7-10-12-15-18(14-9-6-3)17-21-23-19-22-20(24-21)16-13-11-8-5-2/h18,22-24H,4-17H2,1-3H3. The van der Waals surface area contributed by atoms with Crippen LogP contribution in [0.5, 0.6) is 0 Å². The van der Waals surface area contributed by atoms with E-state index < -0.39 is 0 Å². The molecule has 0 spiro atoms. The van der Waals surface area contributed by atoms with E-state index in [-0.39, 0.29) is 0 Å². The number of hydrogen-bond acceptors (Lipinski definition) is 3. The van der Waals surface area contributed by atoms with E-state index in [1.54, 1.807) is 0 Å². The largest absolute Gasteiger partial charge is 0.375 e. The first-order valence-electron chi connectivity index (χ1n) is 10.9. The van der Waals surface area contributed by atoms with E-state index in [0.717, 1.165) is 5.92 Å². The van der Waals surface area contributed by atoms with Crippen LogP contribution in [0.2, 0.25) is 12.6 Å². The number of rotatable bonds is 15. The van der Waals surface area contributed by atoms with Gasteiger partial charge in [0.2, 0.25) is 0 Å². The molecule has 0 aromatic heterocycles. The van der Waals surface area contributed by atoms with Gasteiger partial charge < -0.3 is 15.4 Å². The maximum Gasteiger partial charge on any atom is 0.285 e. The van der Waals surface area contributed by atoms with Crippen molar-refractivity contribution in [2.24, 2.45) is 5.92 Å². The molecule has 0 saturated carbocycles. The number of hydrogen-bond donors (Lipinski definition) is 3. The Balaban J connectivity index is 2.29. The van der Waals surface area contributed by atoms with Gasteiger partial charge >= 0.3 is 0 Å². The maximum absolute atomic E-state index is 3.79. The molecule has 0 aromatic carbocycles. The topological polar surface area (TPSA) is 36.1 Å². The van der Waals surface area contributed by atoms with Crippen molar-refractivity contribution >= 4 is 21.5 Å². The quantitative estimate of drug-likeness (QED) is 0.302. The lowest BCUT2D eigenvalue weighted by Crippen LogP contribution is -2.69. The second kappa shape index (κ2) is 15.3. The molecule has 1 heterocycles. The minimum Gasteiger partial charge on any atom is -0.375 e. The summed E-state index contributed by atoms with van der Waals surface area (Å²) in [5.74, 6) is 0.874. The average molecular weight is 332 g/mol. The van der Waals surface area contributed by atoms with Crippen LogP contribution in [0.15, 0.2) is 0 Å². The van der Waals surface area contributed by atoms with Crippen LogP contribution in [-0.2, 0) is 0 Å². The maximum atomic E-state index is 3.79. The summed E-state index contributed by atoms with van der Waals surface area (Å²) < 4.78 is 0. The predicted molar refractivity (Wildman–Crippen MR) is 112 cm³/mol. The summed E-state index contributed by atoms with van der Waals surface area (Å²) in [5.41, 5.74) is 0. The monoisotopic (exact) mass is 332 g/mol. The van der Waals surface area contributed by atoms with E-state index in [1.807, 2.05) is 0 Å².